The first kappa shape index (κ1) is 19.0. The second kappa shape index (κ2) is 8.30. The number of amides is 1. The van der Waals surface area contributed by atoms with Gasteiger partial charge in [-0.05, 0) is 51.8 Å². The molecule has 2 fully saturated rings. The number of piperidine rings is 2. The lowest BCUT2D eigenvalue weighted by atomic mass is 9.73. The number of likely N-dealkylation sites (tertiary alicyclic amines) is 2. The number of hydrogen-bond acceptors (Lipinski definition) is 4. The number of carbonyl (C=O) groups is 1. The van der Waals surface area contributed by atoms with E-state index in [4.69, 9.17) is 9.47 Å². The Morgan fingerprint density at radius 1 is 1.15 bits per heavy atom. The predicted molar refractivity (Wildman–Crippen MR) is 103 cm³/mol. The summed E-state index contributed by atoms with van der Waals surface area (Å²) in [6, 6.07) is 8.08. The molecule has 1 atom stereocenters. The third-order valence-corrected chi connectivity index (χ3v) is 5.79. The van der Waals surface area contributed by atoms with Crippen molar-refractivity contribution in [2.75, 3.05) is 39.9 Å². The Kier molecular flexibility index (Phi) is 6.07. The number of hydrogen-bond donors (Lipinski definition) is 0. The molecule has 5 nitrogen and oxygen atoms in total. The number of ether oxygens (including phenoxy) is 2. The van der Waals surface area contributed by atoms with E-state index in [2.05, 4.69) is 23.6 Å². The maximum atomic E-state index is 12.2. The van der Waals surface area contributed by atoms with Crippen LogP contribution in [0.15, 0.2) is 24.3 Å². The van der Waals surface area contributed by atoms with Crippen molar-refractivity contribution in [3.8, 4) is 11.5 Å². The van der Waals surface area contributed by atoms with E-state index in [-0.39, 0.29) is 5.41 Å². The molecule has 3 rings (SSSR count). The van der Waals surface area contributed by atoms with Gasteiger partial charge in [0.15, 0.2) is 11.5 Å². The first-order valence-corrected chi connectivity index (χ1v) is 9.81. The molecule has 5 heteroatoms. The lowest BCUT2D eigenvalue weighted by molar-refractivity contribution is -0.141. The Balaban J connectivity index is 1.54. The van der Waals surface area contributed by atoms with Crippen LogP contribution < -0.4 is 9.47 Å². The topological polar surface area (TPSA) is 42.0 Å². The third-order valence-electron chi connectivity index (χ3n) is 5.79. The highest BCUT2D eigenvalue weighted by Crippen LogP contribution is 2.39. The van der Waals surface area contributed by atoms with Gasteiger partial charge in [0.05, 0.1) is 7.11 Å². The molecule has 2 aliphatic rings. The standard InChI is InChI=1S/C21H32N2O3/c1-17(2)23-16-21(11-9-20(23)24)10-6-12-22(15-21)13-14-26-19-8-5-4-7-18(19)25-3/h4-5,7-8,17H,6,9-16H2,1-3H3. The van der Waals surface area contributed by atoms with Gasteiger partial charge in [0, 0.05) is 37.5 Å². The molecule has 2 saturated heterocycles. The second-order valence-electron chi connectivity index (χ2n) is 7.99. The minimum absolute atomic E-state index is 0.265. The van der Waals surface area contributed by atoms with Gasteiger partial charge in [-0.2, -0.15) is 0 Å². The molecule has 0 N–H and O–H groups in total. The average molecular weight is 360 g/mol. The number of carbonyl (C=O) groups excluding carboxylic acids is 1. The largest absolute Gasteiger partial charge is 0.493 e. The summed E-state index contributed by atoms with van der Waals surface area (Å²) in [5, 5.41) is 0. The van der Waals surface area contributed by atoms with Gasteiger partial charge in [0.2, 0.25) is 5.91 Å². The molecular weight excluding hydrogens is 328 g/mol. The summed E-state index contributed by atoms with van der Waals surface area (Å²) in [7, 11) is 1.67. The number of methoxy groups -OCH3 is 1. The summed E-state index contributed by atoms with van der Waals surface area (Å²) < 4.78 is 11.3. The van der Waals surface area contributed by atoms with Crippen molar-refractivity contribution < 1.29 is 14.3 Å². The SMILES string of the molecule is COc1ccccc1OCCN1CCCC2(CCC(=O)N(C(C)C)C2)C1. The molecule has 2 aliphatic heterocycles. The lowest BCUT2D eigenvalue weighted by Crippen LogP contribution is -2.55. The van der Waals surface area contributed by atoms with Gasteiger partial charge in [-0.1, -0.05) is 12.1 Å². The fourth-order valence-electron chi connectivity index (χ4n) is 4.37. The van der Waals surface area contributed by atoms with Crippen LogP contribution in [0, 0.1) is 5.41 Å². The van der Waals surface area contributed by atoms with E-state index < -0.39 is 0 Å². The normalized spacial score (nSPS) is 24.3. The fraction of sp³-hybridized carbons (Fsp3) is 0.667. The van der Waals surface area contributed by atoms with Crippen molar-refractivity contribution in [3.05, 3.63) is 24.3 Å². The Bertz CT molecular complexity index is 619. The van der Waals surface area contributed by atoms with Gasteiger partial charge in [0.25, 0.3) is 0 Å². The van der Waals surface area contributed by atoms with Crippen molar-refractivity contribution >= 4 is 5.91 Å². The lowest BCUT2D eigenvalue weighted by Gasteiger charge is -2.49. The van der Waals surface area contributed by atoms with E-state index in [9.17, 15) is 4.79 Å². The zero-order valence-electron chi connectivity index (χ0n) is 16.4. The molecule has 1 unspecified atom stereocenters. The molecule has 0 aliphatic carbocycles. The molecule has 1 spiro atoms. The van der Waals surface area contributed by atoms with Gasteiger partial charge in [-0.3, -0.25) is 9.69 Å². The average Bonchev–Trinajstić information content (AvgIpc) is 2.64. The van der Waals surface area contributed by atoms with E-state index in [0.717, 1.165) is 44.1 Å². The predicted octanol–water partition coefficient (Wildman–Crippen LogP) is 3.19. The summed E-state index contributed by atoms with van der Waals surface area (Å²) in [4.78, 5) is 16.8. The maximum Gasteiger partial charge on any atom is 0.222 e. The number of benzene rings is 1. The second-order valence-corrected chi connectivity index (χ2v) is 7.99. The van der Waals surface area contributed by atoms with Crippen LogP contribution in [0.4, 0.5) is 0 Å². The first-order valence-electron chi connectivity index (χ1n) is 9.81. The Hall–Kier alpha value is -1.75. The van der Waals surface area contributed by atoms with Crippen molar-refractivity contribution in [1.82, 2.24) is 9.80 Å². The van der Waals surface area contributed by atoms with Crippen LogP contribution in [0.1, 0.15) is 39.5 Å². The van der Waals surface area contributed by atoms with Gasteiger partial charge in [-0.25, -0.2) is 0 Å². The van der Waals surface area contributed by atoms with E-state index >= 15 is 0 Å². The highest BCUT2D eigenvalue weighted by Gasteiger charge is 2.42. The molecule has 26 heavy (non-hydrogen) atoms. The van der Waals surface area contributed by atoms with E-state index in [0.29, 0.717) is 25.0 Å². The molecule has 144 valence electrons. The third kappa shape index (κ3) is 4.32. The van der Waals surface area contributed by atoms with Crippen LogP contribution in [0.25, 0.3) is 0 Å². The number of rotatable bonds is 6. The van der Waals surface area contributed by atoms with Crippen LogP contribution in [0.2, 0.25) is 0 Å². The van der Waals surface area contributed by atoms with Crippen LogP contribution in [0.5, 0.6) is 11.5 Å². The van der Waals surface area contributed by atoms with Crippen LogP contribution >= 0.6 is 0 Å². The molecule has 0 radical (unpaired) electrons. The van der Waals surface area contributed by atoms with Gasteiger partial charge < -0.3 is 14.4 Å². The molecule has 1 amide bonds. The highest BCUT2D eigenvalue weighted by atomic mass is 16.5. The fourth-order valence-corrected chi connectivity index (χ4v) is 4.37. The smallest absolute Gasteiger partial charge is 0.222 e. The summed E-state index contributed by atoms with van der Waals surface area (Å²) in [6.45, 7) is 8.91. The quantitative estimate of drug-likeness (QED) is 0.781. The maximum absolute atomic E-state index is 12.2. The van der Waals surface area contributed by atoms with Gasteiger partial charge in [0.1, 0.15) is 6.61 Å². The highest BCUT2D eigenvalue weighted by molar-refractivity contribution is 5.77. The van der Waals surface area contributed by atoms with Crippen molar-refractivity contribution in [3.63, 3.8) is 0 Å². The Labute approximate surface area is 157 Å². The zero-order chi connectivity index (χ0) is 18.6. The molecular formula is C21H32N2O3. The minimum atomic E-state index is 0.265. The van der Waals surface area contributed by atoms with Crippen molar-refractivity contribution in [1.29, 1.82) is 0 Å². The summed E-state index contributed by atoms with van der Waals surface area (Å²) in [5.41, 5.74) is 0.265. The van der Waals surface area contributed by atoms with Crippen molar-refractivity contribution in [2.45, 2.75) is 45.6 Å². The minimum Gasteiger partial charge on any atom is -0.493 e. The molecule has 1 aromatic rings. The zero-order valence-corrected chi connectivity index (χ0v) is 16.4. The molecule has 0 saturated carbocycles. The molecule has 1 aromatic carbocycles. The summed E-state index contributed by atoms with van der Waals surface area (Å²) in [5.74, 6) is 1.90. The molecule has 0 bridgehead atoms. The van der Waals surface area contributed by atoms with E-state index in [1.165, 1.54) is 12.8 Å². The summed E-state index contributed by atoms with van der Waals surface area (Å²) >= 11 is 0. The van der Waals surface area contributed by atoms with Crippen LogP contribution in [-0.2, 0) is 4.79 Å². The van der Waals surface area contributed by atoms with Crippen molar-refractivity contribution in [2.24, 2.45) is 5.41 Å². The van der Waals surface area contributed by atoms with E-state index in [1.54, 1.807) is 7.11 Å². The van der Waals surface area contributed by atoms with Crippen LogP contribution in [-0.4, -0.2) is 61.6 Å². The van der Waals surface area contributed by atoms with Gasteiger partial charge in [-0.15, -0.1) is 0 Å². The van der Waals surface area contributed by atoms with E-state index in [1.807, 2.05) is 24.3 Å². The number of para-hydroxylation sites is 2. The Morgan fingerprint density at radius 3 is 2.65 bits per heavy atom. The first-order chi connectivity index (χ1) is 12.5. The number of nitrogens with zero attached hydrogens (tertiary/aromatic N) is 2. The van der Waals surface area contributed by atoms with Gasteiger partial charge >= 0.3 is 0 Å². The Morgan fingerprint density at radius 2 is 1.92 bits per heavy atom. The monoisotopic (exact) mass is 360 g/mol. The summed E-state index contributed by atoms with van der Waals surface area (Å²) in [6.07, 6.45) is 4.16. The molecule has 2 heterocycles. The molecule has 0 aromatic heterocycles. The van der Waals surface area contributed by atoms with Crippen LogP contribution in [0.3, 0.4) is 0 Å².